The van der Waals surface area contributed by atoms with Gasteiger partial charge in [-0.1, -0.05) is 41.6 Å². The molecule has 2 nitrogen and oxygen atoms in total. The molecule has 0 N–H and O–H groups in total. The zero-order chi connectivity index (χ0) is 33.2. The van der Waals surface area contributed by atoms with Crippen LogP contribution < -0.4 is 0 Å². The van der Waals surface area contributed by atoms with Crippen molar-refractivity contribution in [2.75, 3.05) is 0 Å². The van der Waals surface area contributed by atoms with Crippen LogP contribution in [-0.4, -0.2) is 51.7 Å². The van der Waals surface area contributed by atoms with Gasteiger partial charge in [0.1, 0.15) is 5.03 Å². The normalized spacial score (nSPS) is 14.8. The quantitative estimate of drug-likeness (QED) is 0.168. The number of hydrogen-bond acceptors (Lipinski definition) is 3. The summed E-state index contributed by atoms with van der Waals surface area (Å²) in [5, 5.41) is -0.906. The summed E-state index contributed by atoms with van der Waals surface area (Å²) >= 11 is 0.418. The molecule has 3 rings (SSSR count). The summed E-state index contributed by atoms with van der Waals surface area (Å²) in [6.07, 6.45) is -7.82. The minimum absolute atomic E-state index is 0.148. The van der Waals surface area contributed by atoms with Gasteiger partial charge in [-0.25, -0.2) is 9.97 Å². The fraction of sp³-hybridized carbons (Fsp3) is 0.391. The third-order valence-corrected chi connectivity index (χ3v) is 6.79. The van der Waals surface area contributed by atoms with Gasteiger partial charge in [0.25, 0.3) is 0 Å². The maximum atomic E-state index is 14.9. The molecular weight excluding hydrogens is 659 g/mol. The first-order valence-corrected chi connectivity index (χ1v) is 11.7. The maximum Gasteiger partial charge on any atom is 0.460 e. The lowest BCUT2D eigenvalue weighted by Crippen LogP contribution is -2.74. The molecule has 1 aromatic heterocycles. The van der Waals surface area contributed by atoms with E-state index in [9.17, 15) is 74.6 Å². The second kappa shape index (κ2) is 10.3. The van der Waals surface area contributed by atoms with Gasteiger partial charge in [-0.05, 0) is 31.2 Å². The number of nitrogens with zero attached hydrogens (tertiary/aromatic N) is 2. The molecule has 2 aromatic carbocycles. The highest BCUT2D eigenvalue weighted by molar-refractivity contribution is 7.99. The topological polar surface area (TPSA) is 25.8 Å². The van der Waals surface area contributed by atoms with Gasteiger partial charge < -0.3 is 0 Å². The zero-order valence-electron chi connectivity index (χ0n) is 20.3. The average molecular weight is 670 g/mol. The molecular formula is C23H11F17N2S. The van der Waals surface area contributed by atoms with Crippen LogP contribution in [0.4, 0.5) is 74.6 Å². The second-order valence-corrected chi connectivity index (χ2v) is 9.87. The van der Waals surface area contributed by atoms with Crippen molar-refractivity contribution in [3.63, 3.8) is 0 Å². The molecule has 0 saturated heterocycles. The van der Waals surface area contributed by atoms with E-state index in [1.807, 2.05) is 0 Å². The number of alkyl halides is 17. The summed E-state index contributed by atoms with van der Waals surface area (Å²) < 4.78 is 233. The van der Waals surface area contributed by atoms with Crippen LogP contribution in [0, 0.1) is 6.92 Å². The van der Waals surface area contributed by atoms with E-state index in [-0.39, 0.29) is 10.3 Å². The third kappa shape index (κ3) is 5.01. The molecule has 0 unspecified atom stereocenters. The van der Waals surface area contributed by atoms with Crippen LogP contribution in [0.3, 0.4) is 0 Å². The Morgan fingerprint density at radius 3 is 1.49 bits per heavy atom. The molecule has 20 heteroatoms. The fourth-order valence-electron chi connectivity index (χ4n) is 3.34. The number of halogens is 17. The fourth-order valence-corrected chi connectivity index (χ4v) is 4.26. The van der Waals surface area contributed by atoms with Crippen molar-refractivity contribution < 1.29 is 74.6 Å². The van der Waals surface area contributed by atoms with E-state index in [1.54, 1.807) is 0 Å². The van der Waals surface area contributed by atoms with E-state index >= 15 is 0 Å². The Kier molecular flexibility index (Phi) is 8.21. The number of rotatable bonds is 9. The molecule has 0 fully saturated rings. The number of aromatic nitrogens is 2. The number of aryl methyl sites for hydroxylation is 1. The summed E-state index contributed by atoms with van der Waals surface area (Å²) in [5.41, 5.74) is -0.345. The van der Waals surface area contributed by atoms with Gasteiger partial charge >= 0.3 is 47.6 Å². The smallest absolute Gasteiger partial charge is 0.227 e. The lowest BCUT2D eigenvalue weighted by atomic mass is 9.89. The monoisotopic (exact) mass is 670 g/mol. The molecule has 3 aromatic rings. The molecule has 0 aliphatic carbocycles. The number of hydrogen-bond donors (Lipinski definition) is 0. The molecule has 0 amide bonds. The average Bonchev–Trinajstić information content (AvgIpc) is 2.88. The van der Waals surface area contributed by atoms with Crippen molar-refractivity contribution in [1.82, 2.24) is 9.97 Å². The van der Waals surface area contributed by atoms with Gasteiger partial charge in [0.2, 0.25) is 5.82 Å². The van der Waals surface area contributed by atoms with Gasteiger partial charge in [-0.15, -0.1) is 0 Å². The summed E-state index contributed by atoms with van der Waals surface area (Å²) in [5.74, 6) is -60.2. The summed E-state index contributed by atoms with van der Waals surface area (Å²) in [7, 11) is 0. The lowest BCUT2D eigenvalue weighted by molar-refractivity contribution is -0.463. The maximum absolute atomic E-state index is 14.9. The van der Waals surface area contributed by atoms with Crippen molar-refractivity contribution >= 4 is 22.7 Å². The minimum Gasteiger partial charge on any atom is -0.227 e. The number of fused-ring (bicyclic) bond motifs is 1. The Labute approximate surface area is 232 Å². The largest absolute Gasteiger partial charge is 0.460 e. The van der Waals surface area contributed by atoms with Crippen molar-refractivity contribution in [3.05, 3.63) is 59.9 Å². The van der Waals surface area contributed by atoms with E-state index in [0.717, 1.165) is 12.1 Å². The first-order chi connectivity index (χ1) is 19.2. The highest BCUT2D eigenvalue weighted by atomic mass is 32.2. The van der Waals surface area contributed by atoms with E-state index < -0.39 is 64.0 Å². The molecule has 0 saturated carbocycles. The van der Waals surface area contributed by atoms with Crippen molar-refractivity contribution in [3.8, 4) is 0 Å². The Morgan fingerprint density at radius 1 is 0.535 bits per heavy atom. The van der Waals surface area contributed by atoms with Crippen molar-refractivity contribution in [1.29, 1.82) is 0 Å². The van der Waals surface area contributed by atoms with Crippen LogP contribution >= 0.6 is 11.8 Å². The van der Waals surface area contributed by atoms with Crippen LogP contribution in [-0.2, 0) is 5.92 Å². The van der Waals surface area contributed by atoms with Gasteiger partial charge in [0.05, 0.1) is 5.52 Å². The van der Waals surface area contributed by atoms with Crippen LogP contribution in [0.15, 0.2) is 58.5 Å². The predicted octanol–water partition coefficient (Wildman–Crippen LogP) is 9.56. The molecule has 1 heterocycles. The van der Waals surface area contributed by atoms with Crippen molar-refractivity contribution in [2.24, 2.45) is 0 Å². The summed E-state index contributed by atoms with van der Waals surface area (Å²) in [4.78, 5) is 6.04. The van der Waals surface area contributed by atoms with Gasteiger partial charge in [-0.2, -0.15) is 74.6 Å². The Hall–Kier alpha value is -3.06. The van der Waals surface area contributed by atoms with Crippen LogP contribution in [0.2, 0.25) is 0 Å². The van der Waals surface area contributed by atoms with E-state index in [2.05, 4.69) is 9.97 Å². The Morgan fingerprint density at radius 2 is 1.00 bits per heavy atom. The number of benzene rings is 2. The zero-order valence-corrected chi connectivity index (χ0v) is 21.2. The molecule has 0 aliphatic heterocycles. The highest BCUT2D eigenvalue weighted by Crippen LogP contribution is 2.65. The van der Waals surface area contributed by atoms with Gasteiger partial charge in [0.15, 0.2) is 0 Å². The van der Waals surface area contributed by atoms with Crippen LogP contribution in [0.5, 0.6) is 0 Å². The molecule has 0 radical (unpaired) electrons. The SMILES string of the molecule is Cc1ccc2nc(C(F)(F)C(F)(F)C(F)(F)C(F)(F)C(F)(F)C(F)(F)C(F)(F)C(F)(F)F)nc(Sc3ccccc3)c2c1. The molecule has 0 spiro atoms. The summed E-state index contributed by atoms with van der Waals surface area (Å²) in [6.45, 7) is 1.44. The predicted molar refractivity (Wildman–Crippen MR) is 114 cm³/mol. The minimum atomic E-state index is -8.71. The van der Waals surface area contributed by atoms with E-state index in [0.29, 0.717) is 17.3 Å². The Balaban J connectivity index is 2.21. The first kappa shape index (κ1) is 34.4. The molecule has 43 heavy (non-hydrogen) atoms. The second-order valence-electron chi connectivity index (χ2n) is 8.81. The van der Waals surface area contributed by atoms with E-state index in [1.165, 1.54) is 43.3 Å². The third-order valence-electron chi connectivity index (χ3n) is 5.78. The van der Waals surface area contributed by atoms with Crippen LogP contribution in [0.1, 0.15) is 11.4 Å². The molecule has 238 valence electrons. The van der Waals surface area contributed by atoms with Gasteiger partial charge in [0, 0.05) is 10.3 Å². The standard InChI is InChI=1S/C23H11F17N2S/c1-10-7-8-13-12(9-10)14(43-11-5-3-2-4-6-11)42-15(41-13)16(24,25)17(26,27)18(28,29)19(30,31)20(32,33)21(34,35)22(36,37)23(38,39)40/h2-9H,1H3. The highest BCUT2D eigenvalue weighted by Gasteiger charge is 2.95. The molecule has 0 aliphatic rings. The van der Waals surface area contributed by atoms with Crippen LogP contribution in [0.25, 0.3) is 10.9 Å². The van der Waals surface area contributed by atoms with E-state index in [4.69, 9.17) is 0 Å². The molecule has 0 bridgehead atoms. The lowest BCUT2D eigenvalue weighted by Gasteiger charge is -2.42. The summed E-state index contributed by atoms with van der Waals surface area (Å²) in [6, 6.07) is 10.0. The molecule has 0 atom stereocenters. The first-order valence-electron chi connectivity index (χ1n) is 10.9. The van der Waals surface area contributed by atoms with Crippen molar-refractivity contribution in [2.45, 2.75) is 64.5 Å². The Bertz CT molecular complexity index is 1490. The van der Waals surface area contributed by atoms with Gasteiger partial charge in [-0.3, -0.25) is 0 Å².